The van der Waals surface area contributed by atoms with Crippen LogP contribution in [0.3, 0.4) is 0 Å². The van der Waals surface area contributed by atoms with Crippen molar-refractivity contribution in [1.29, 1.82) is 0 Å². The van der Waals surface area contributed by atoms with Crippen LogP contribution in [0.1, 0.15) is 28.4 Å². The fourth-order valence-corrected chi connectivity index (χ4v) is 1.04. The maximum atomic E-state index is 10.6. The molecule has 2 aliphatic carbocycles. The van der Waals surface area contributed by atoms with Gasteiger partial charge in [-0.2, -0.15) is 0 Å². The highest BCUT2D eigenvalue weighted by molar-refractivity contribution is 5.87. The van der Waals surface area contributed by atoms with Gasteiger partial charge in [0.25, 0.3) is 0 Å². The summed E-state index contributed by atoms with van der Waals surface area (Å²) in [7, 11) is 0. The molecule has 0 aromatic rings. The molecule has 2 rings (SSSR count). The molecule has 0 unspecified atom stereocenters. The van der Waals surface area contributed by atoms with Gasteiger partial charge in [0.2, 0.25) is 0 Å². The first kappa shape index (κ1) is 2.29. The van der Waals surface area contributed by atoms with Crippen LogP contribution in [0.2, 0.25) is 0 Å². The zero-order valence-electron chi connectivity index (χ0n) is 6.03. The Labute approximate surface area is 45.5 Å². The fraction of sp³-hybridized carbons (Fsp3) is 0.833. The molecule has 0 N–H and O–H groups in total. The first-order chi connectivity index (χ1) is 4.08. The van der Waals surface area contributed by atoms with Gasteiger partial charge in [-0.15, -0.1) is 0 Å². The molecular formula is C6H8O. The molecular weight excluding hydrogens is 88.1 g/mol. The largest absolute Gasteiger partial charge is 0.300 e. The highest BCUT2D eigenvalue weighted by Gasteiger charge is 2.52. The van der Waals surface area contributed by atoms with Crippen molar-refractivity contribution in [3.8, 4) is 0 Å². The summed E-state index contributed by atoms with van der Waals surface area (Å²) in [5.41, 5.74) is -0.177. The summed E-state index contributed by atoms with van der Waals surface area (Å²) in [6, 6.07) is 0. The average molecular weight is 98.1 g/mol. The van der Waals surface area contributed by atoms with Gasteiger partial charge in [-0.3, -0.25) is 4.79 Å². The Morgan fingerprint density at radius 2 is 2.43 bits per heavy atom. The van der Waals surface area contributed by atoms with Gasteiger partial charge in [-0.25, -0.2) is 0 Å². The minimum atomic E-state index is -1.45. The Morgan fingerprint density at radius 1 is 1.71 bits per heavy atom. The van der Waals surface area contributed by atoms with E-state index in [4.69, 9.17) is 2.74 Å². The third kappa shape index (κ3) is 0.355. The van der Waals surface area contributed by atoms with Crippen LogP contribution in [0.15, 0.2) is 0 Å². The van der Waals surface area contributed by atoms with E-state index in [2.05, 4.69) is 0 Å². The van der Waals surface area contributed by atoms with Gasteiger partial charge in [-0.1, -0.05) is 0 Å². The van der Waals surface area contributed by atoms with Gasteiger partial charge < -0.3 is 0 Å². The number of Topliss-reactive ketones (excluding diaryl/α,β-unsaturated/α-hetero) is 1. The summed E-state index contributed by atoms with van der Waals surface area (Å²) in [6.45, 7) is 0. The monoisotopic (exact) mass is 98.1 g/mol. The predicted octanol–water partition coefficient (Wildman–Crippen LogP) is 1.13. The van der Waals surface area contributed by atoms with Crippen molar-refractivity contribution >= 4 is 5.78 Å². The average Bonchev–Trinajstić information content (AvgIpc) is 2.49. The smallest absolute Gasteiger partial charge is 0.134 e. The van der Waals surface area contributed by atoms with E-state index in [-0.39, 0.29) is 11.2 Å². The van der Waals surface area contributed by atoms with Crippen molar-refractivity contribution in [2.45, 2.75) is 25.6 Å². The van der Waals surface area contributed by atoms with Crippen LogP contribution in [-0.2, 0) is 4.79 Å². The molecule has 0 bridgehead atoms. The van der Waals surface area contributed by atoms with E-state index in [1.165, 1.54) is 0 Å². The third-order valence-electron chi connectivity index (χ3n) is 1.76. The lowest BCUT2D eigenvalue weighted by Gasteiger charge is -2.22. The van der Waals surface area contributed by atoms with Crippen LogP contribution in [0.25, 0.3) is 0 Å². The molecule has 2 aliphatic rings. The molecule has 0 atom stereocenters. The summed E-state index contributed by atoms with van der Waals surface area (Å²) < 4.78 is 14.5. The van der Waals surface area contributed by atoms with Crippen molar-refractivity contribution in [1.82, 2.24) is 0 Å². The van der Waals surface area contributed by atoms with Gasteiger partial charge >= 0.3 is 0 Å². The van der Waals surface area contributed by atoms with Gasteiger partial charge in [0.1, 0.15) is 5.78 Å². The van der Waals surface area contributed by atoms with Crippen LogP contribution in [0.5, 0.6) is 0 Å². The molecule has 7 heavy (non-hydrogen) atoms. The molecule has 0 saturated heterocycles. The molecule has 0 amide bonds. The maximum Gasteiger partial charge on any atom is 0.134 e. The fourth-order valence-electron chi connectivity index (χ4n) is 1.04. The van der Waals surface area contributed by atoms with Gasteiger partial charge in [0.05, 0.1) is 0 Å². The van der Waals surface area contributed by atoms with Crippen LogP contribution >= 0.6 is 0 Å². The topological polar surface area (TPSA) is 17.1 Å². The number of rotatable bonds is 0. The van der Waals surface area contributed by atoms with Crippen molar-refractivity contribution in [2.24, 2.45) is 5.41 Å². The predicted molar refractivity (Wildman–Crippen MR) is 25.9 cm³/mol. The minimum absolute atomic E-state index is 0.177. The van der Waals surface area contributed by atoms with E-state index < -0.39 is 6.37 Å². The van der Waals surface area contributed by atoms with Crippen molar-refractivity contribution in [3.63, 3.8) is 0 Å². The Balaban J connectivity index is 2.28. The first-order valence-electron chi connectivity index (χ1n) is 3.62. The van der Waals surface area contributed by atoms with Crippen molar-refractivity contribution in [3.05, 3.63) is 0 Å². The SMILES string of the molecule is [2H]C1([2H])C(=O)CC12CC2. The normalized spacial score (nSPS) is 44.3. The highest BCUT2D eigenvalue weighted by Crippen LogP contribution is 2.58. The lowest BCUT2D eigenvalue weighted by Crippen LogP contribution is -2.23. The Hall–Kier alpha value is -0.330. The molecule has 38 valence electrons. The van der Waals surface area contributed by atoms with E-state index in [0.717, 1.165) is 12.8 Å². The molecule has 0 aliphatic heterocycles. The summed E-state index contributed by atoms with van der Waals surface area (Å²) in [6.07, 6.45) is 0.893. The summed E-state index contributed by atoms with van der Waals surface area (Å²) >= 11 is 0. The molecule has 1 heteroatoms. The quantitative estimate of drug-likeness (QED) is 0.444. The second kappa shape index (κ2) is 0.770. The summed E-state index contributed by atoms with van der Waals surface area (Å²) in [5.74, 6) is -0.194. The lowest BCUT2D eigenvalue weighted by atomic mass is 9.81. The minimum Gasteiger partial charge on any atom is -0.300 e. The van der Waals surface area contributed by atoms with E-state index in [1.807, 2.05) is 0 Å². The standard InChI is InChI=1S/C6H8O/c7-5-3-6(4-5)1-2-6/h1-4H2/i3D2. The summed E-state index contributed by atoms with van der Waals surface area (Å²) in [5, 5.41) is 0. The van der Waals surface area contributed by atoms with E-state index in [9.17, 15) is 4.79 Å². The lowest BCUT2D eigenvalue weighted by molar-refractivity contribution is -0.127. The van der Waals surface area contributed by atoms with Gasteiger partial charge in [0, 0.05) is 15.5 Å². The van der Waals surface area contributed by atoms with E-state index >= 15 is 0 Å². The van der Waals surface area contributed by atoms with E-state index in [1.54, 1.807) is 0 Å². The molecule has 2 saturated carbocycles. The zero-order valence-corrected chi connectivity index (χ0v) is 4.03. The summed E-state index contributed by atoms with van der Waals surface area (Å²) in [4.78, 5) is 10.6. The Morgan fingerprint density at radius 3 is 2.57 bits per heavy atom. The number of hydrogen-bond acceptors (Lipinski definition) is 1. The van der Waals surface area contributed by atoms with Crippen LogP contribution in [0, 0.1) is 5.41 Å². The molecule has 1 nitrogen and oxygen atoms in total. The van der Waals surface area contributed by atoms with Gasteiger partial charge in [-0.05, 0) is 18.3 Å². The molecule has 0 aromatic heterocycles. The second-order valence-electron chi connectivity index (χ2n) is 2.51. The molecule has 0 aromatic carbocycles. The van der Waals surface area contributed by atoms with Crippen LogP contribution < -0.4 is 0 Å². The third-order valence-corrected chi connectivity index (χ3v) is 1.76. The van der Waals surface area contributed by atoms with E-state index in [0.29, 0.717) is 6.42 Å². The number of carbonyl (C=O) groups is 1. The maximum absolute atomic E-state index is 10.6. The Kier molecular flexibility index (Phi) is 0.252. The van der Waals surface area contributed by atoms with Crippen molar-refractivity contribution < 1.29 is 7.54 Å². The first-order valence-corrected chi connectivity index (χ1v) is 2.62. The number of carbonyl (C=O) groups excluding carboxylic acids is 1. The highest BCUT2D eigenvalue weighted by atomic mass is 16.1. The molecule has 2 fully saturated rings. The zero-order chi connectivity index (χ0) is 6.70. The van der Waals surface area contributed by atoms with Crippen LogP contribution in [-0.4, -0.2) is 5.78 Å². The second-order valence-corrected chi connectivity index (χ2v) is 2.51. The van der Waals surface area contributed by atoms with Crippen LogP contribution in [0.4, 0.5) is 0 Å². The molecule has 0 heterocycles. The molecule has 0 radical (unpaired) electrons. The number of hydrogen-bond donors (Lipinski definition) is 0. The Bertz CT molecular complexity index is 181. The number of ketones is 1. The van der Waals surface area contributed by atoms with Gasteiger partial charge in [0.15, 0.2) is 0 Å². The van der Waals surface area contributed by atoms with Crippen molar-refractivity contribution in [2.75, 3.05) is 0 Å². The molecule has 1 spiro atoms.